The van der Waals surface area contributed by atoms with E-state index >= 15 is 0 Å². The molecule has 0 radical (unpaired) electrons. The van der Waals surface area contributed by atoms with E-state index in [2.05, 4.69) is 15.4 Å². The largest absolute Gasteiger partial charge is 0.398 e. The fourth-order valence-corrected chi connectivity index (χ4v) is 2.19. The first kappa shape index (κ1) is 11.5. The third kappa shape index (κ3) is 1.99. The van der Waals surface area contributed by atoms with Crippen LogP contribution in [-0.4, -0.2) is 14.8 Å². The normalized spacial score (nSPS) is 10.8. The molecule has 5 nitrogen and oxygen atoms in total. The van der Waals surface area contributed by atoms with E-state index in [1.54, 1.807) is 17.1 Å². The monoisotopic (exact) mass is 253 g/mol. The molecule has 0 aliphatic carbocycles. The fraction of sp³-hybridized carbons (Fsp3) is 0.143. The molecule has 0 unspecified atom stereocenters. The minimum Gasteiger partial charge on any atom is -0.398 e. The Bertz CT molecular complexity index is 745. The van der Waals surface area contributed by atoms with Gasteiger partial charge in [-0.1, -0.05) is 0 Å². The maximum atomic E-state index is 5.97. The smallest absolute Gasteiger partial charge is 0.0828 e. The second-order valence-corrected chi connectivity index (χ2v) is 4.55. The molecule has 2 heterocycles. The standard InChI is InChI=1S/C14H15N5/c1-9-14(8-19(2)18-9)17-13-4-3-12(15)11-7-16-6-5-10(11)13/h3-8,17H,15H2,1-2H3. The van der Waals surface area contributed by atoms with Crippen LogP contribution in [0.3, 0.4) is 0 Å². The number of anilines is 3. The first-order valence-corrected chi connectivity index (χ1v) is 6.04. The maximum absolute atomic E-state index is 5.97. The Hall–Kier alpha value is -2.56. The van der Waals surface area contributed by atoms with E-state index in [1.165, 1.54) is 0 Å². The third-order valence-corrected chi connectivity index (χ3v) is 3.13. The molecule has 3 N–H and O–H groups in total. The molecule has 0 spiro atoms. The van der Waals surface area contributed by atoms with Crippen molar-refractivity contribution in [2.24, 2.45) is 7.05 Å². The van der Waals surface area contributed by atoms with Crippen molar-refractivity contribution in [2.45, 2.75) is 6.92 Å². The summed E-state index contributed by atoms with van der Waals surface area (Å²) in [6.45, 7) is 1.98. The molecule has 19 heavy (non-hydrogen) atoms. The number of hydrogen-bond donors (Lipinski definition) is 2. The van der Waals surface area contributed by atoms with Crippen LogP contribution in [0.1, 0.15) is 5.69 Å². The van der Waals surface area contributed by atoms with E-state index in [-0.39, 0.29) is 0 Å². The Kier molecular flexibility index (Phi) is 2.59. The zero-order chi connectivity index (χ0) is 13.4. The lowest BCUT2D eigenvalue weighted by molar-refractivity contribution is 0.756. The van der Waals surface area contributed by atoms with Crippen LogP contribution in [0.2, 0.25) is 0 Å². The van der Waals surface area contributed by atoms with Crippen LogP contribution in [0.15, 0.2) is 36.8 Å². The van der Waals surface area contributed by atoms with Crippen molar-refractivity contribution in [1.82, 2.24) is 14.8 Å². The molecule has 5 heteroatoms. The van der Waals surface area contributed by atoms with Gasteiger partial charge in [0.2, 0.25) is 0 Å². The summed E-state index contributed by atoms with van der Waals surface area (Å²) < 4.78 is 1.79. The Morgan fingerprint density at radius 3 is 2.74 bits per heavy atom. The fourth-order valence-electron chi connectivity index (χ4n) is 2.19. The van der Waals surface area contributed by atoms with Crippen LogP contribution in [0, 0.1) is 6.92 Å². The molecule has 0 aliphatic rings. The minimum absolute atomic E-state index is 0.733. The number of hydrogen-bond acceptors (Lipinski definition) is 4. The van der Waals surface area contributed by atoms with Crippen LogP contribution < -0.4 is 11.1 Å². The van der Waals surface area contributed by atoms with Gasteiger partial charge in [0, 0.05) is 47.8 Å². The number of nitrogen functional groups attached to an aromatic ring is 1. The highest BCUT2D eigenvalue weighted by Gasteiger charge is 2.07. The van der Waals surface area contributed by atoms with Gasteiger partial charge in [-0.15, -0.1) is 0 Å². The van der Waals surface area contributed by atoms with E-state index in [0.717, 1.165) is 33.5 Å². The number of aryl methyl sites for hydroxylation is 2. The van der Waals surface area contributed by atoms with E-state index in [4.69, 9.17) is 5.73 Å². The van der Waals surface area contributed by atoms with Crippen molar-refractivity contribution < 1.29 is 0 Å². The molecule has 0 saturated heterocycles. The maximum Gasteiger partial charge on any atom is 0.0828 e. The van der Waals surface area contributed by atoms with Gasteiger partial charge in [0.25, 0.3) is 0 Å². The SMILES string of the molecule is Cc1nn(C)cc1Nc1ccc(N)c2cnccc12. The van der Waals surface area contributed by atoms with Gasteiger partial charge in [-0.25, -0.2) is 0 Å². The zero-order valence-electron chi connectivity index (χ0n) is 10.9. The Balaban J connectivity index is 2.11. The quantitative estimate of drug-likeness (QED) is 0.689. The lowest BCUT2D eigenvalue weighted by Gasteiger charge is -2.10. The number of fused-ring (bicyclic) bond motifs is 1. The molecule has 2 aromatic heterocycles. The number of benzene rings is 1. The van der Waals surface area contributed by atoms with Crippen molar-refractivity contribution in [3.63, 3.8) is 0 Å². The van der Waals surface area contributed by atoms with Gasteiger partial charge in [-0.05, 0) is 25.1 Å². The summed E-state index contributed by atoms with van der Waals surface area (Å²) in [6.07, 6.45) is 5.51. The summed E-state index contributed by atoms with van der Waals surface area (Å²) >= 11 is 0. The summed E-state index contributed by atoms with van der Waals surface area (Å²) in [6, 6.07) is 5.82. The second-order valence-electron chi connectivity index (χ2n) is 4.55. The molecular weight excluding hydrogens is 238 g/mol. The van der Waals surface area contributed by atoms with Crippen LogP contribution in [0.25, 0.3) is 10.8 Å². The summed E-state index contributed by atoms with van der Waals surface area (Å²) in [5.74, 6) is 0. The van der Waals surface area contributed by atoms with Crippen molar-refractivity contribution in [3.05, 3.63) is 42.5 Å². The molecular formula is C14H15N5. The van der Waals surface area contributed by atoms with Crippen LogP contribution >= 0.6 is 0 Å². The van der Waals surface area contributed by atoms with Gasteiger partial charge in [-0.2, -0.15) is 5.10 Å². The highest BCUT2D eigenvalue weighted by molar-refractivity contribution is 6.01. The predicted octanol–water partition coefficient (Wildman–Crippen LogP) is 2.60. The number of nitrogens with one attached hydrogen (secondary N) is 1. The first-order chi connectivity index (χ1) is 9.15. The number of aromatic nitrogens is 3. The topological polar surface area (TPSA) is 68.8 Å². The van der Waals surface area contributed by atoms with Gasteiger partial charge in [0.15, 0.2) is 0 Å². The molecule has 0 fully saturated rings. The van der Waals surface area contributed by atoms with Gasteiger partial charge in [0.05, 0.1) is 11.4 Å². The zero-order valence-corrected chi connectivity index (χ0v) is 10.9. The molecule has 3 aromatic rings. The van der Waals surface area contributed by atoms with Crippen molar-refractivity contribution in [1.29, 1.82) is 0 Å². The van der Waals surface area contributed by atoms with E-state index < -0.39 is 0 Å². The summed E-state index contributed by atoms with van der Waals surface area (Å²) in [4.78, 5) is 4.12. The van der Waals surface area contributed by atoms with Crippen molar-refractivity contribution >= 4 is 27.8 Å². The Morgan fingerprint density at radius 1 is 1.16 bits per heavy atom. The van der Waals surface area contributed by atoms with Crippen LogP contribution in [0.5, 0.6) is 0 Å². The lowest BCUT2D eigenvalue weighted by Crippen LogP contribution is -1.95. The molecule has 96 valence electrons. The second kappa shape index (κ2) is 4.28. The van der Waals surface area contributed by atoms with Gasteiger partial charge < -0.3 is 11.1 Å². The van der Waals surface area contributed by atoms with Crippen molar-refractivity contribution in [3.8, 4) is 0 Å². The highest BCUT2D eigenvalue weighted by Crippen LogP contribution is 2.30. The van der Waals surface area contributed by atoms with Gasteiger partial charge in [0.1, 0.15) is 0 Å². The van der Waals surface area contributed by atoms with Crippen molar-refractivity contribution in [2.75, 3.05) is 11.1 Å². The molecule has 1 aromatic carbocycles. The average molecular weight is 253 g/mol. The Labute approximate surface area is 111 Å². The summed E-state index contributed by atoms with van der Waals surface area (Å²) in [5.41, 5.74) is 9.65. The molecule has 0 amide bonds. The van der Waals surface area contributed by atoms with Crippen LogP contribution in [-0.2, 0) is 7.05 Å². The minimum atomic E-state index is 0.733. The van der Waals surface area contributed by atoms with E-state index in [0.29, 0.717) is 0 Å². The van der Waals surface area contributed by atoms with E-state index in [1.807, 2.05) is 38.4 Å². The molecule has 0 aliphatic heterocycles. The van der Waals surface area contributed by atoms with E-state index in [9.17, 15) is 0 Å². The van der Waals surface area contributed by atoms with Crippen LogP contribution in [0.4, 0.5) is 17.1 Å². The first-order valence-electron chi connectivity index (χ1n) is 6.04. The lowest BCUT2D eigenvalue weighted by atomic mass is 10.1. The highest BCUT2D eigenvalue weighted by atomic mass is 15.3. The third-order valence-electron chi connectivity index (χ3n) is 3.13. The summed E-state index contributed by atoms with van der Waals surface area (Å²) in [7, 11) is 1.91. The molecule has 0 atom stereocenters. The number of nitrogens with two attached hydrogens (primary N) is 1. The Morgan fingerprint density at radius 2 is 2.00 bits per heavy atom. The van der Waals surface area contributed by atoms with Gasteiger partial charge >= 0.3 is 0 Å². The van der Waals surface area contributed by atoms with Gasteiger partial charge in [-0.3, -0.25) is 9.67 Å². The number of rotatable bonds is 2. The molecule has 3 rings (SSSR count). The number of nitrogens with zero attached hydrogens (tertiary/aromatic N) is 3. The molecule has 0 bridgehead atoms. The number of pyridine rings is 1. The molecule has 0 saturated carbocycles. The average Bonchev–Trinajstić information content (AvgIpc) is 2.72. The summed E-state index contributed by atoms with van der Waals surface area (Å²) in [5, 5.41) is 9.73. The predicted molar refractivity (Wildman–Crippen MR) is 77.4 cm³/mol.